The number of ether oxygens (including phenoxy) is 1. The molecule has 1 unspecified atom stereocenters. The number of rotatable bonds is 16. The Morgan fingerprint density at radius 2 is 1.61 bits per heavy atom. The molecule has 1 atom stereocenters. The Bertz CT molecular complexity index is 731. The summed E-state index contributed by atoms with van der Waals surface area (Å²) in [6.07, 6.45) is 16.2. The van der Waals surface area contributed by atoms with Crippen molar-refractivity contribution in [3.05, 3.63) is 36.0 Å². The van der Waals surface area contributed by atoms with Crippen molar-refractivity contribution < 1.29 is 9.84 Å². The lowest BCUT2D eigenvalue weighted by Gasteiger charge is -2.09. The van der Waals surface area contributed by atoms with E-state index in [9.17, 15) is 5.11 Å². The Hall–Kier alpha value is -2.10. The van der Waals surface area contributed by atoms with Crippen molar-refractivity contribution >= 4 is 0 Å². The van der Waals surface area contributed by atoms with Crippen molar-refractivity contribution in [1.29, 1.82) is 0 Å². The molecule has 1 N–H and O–H groups in total. The van der Waals surface area contributed by atoms with E-state index in [-0.39, 0.29) is 5.88 Å². The molecule has 0 saturated carbocycles. The van der Waals surface area contributed by atoms with E-state index < -0.39 is 0 Å². The SMILES string of the molecule is CCCCCCCCc1cnc(-c2ccc(OCCCCCC(C)CC)cc2)nc1O. The fourth-order valence-electron chi connectivity index (χ4n) is 3.68. The topological polar surface area (TPSA) is 55.2 Å². The zero-order chi connectivity index (χ0) is 22.3. The Balaban J connectivity index is 1.74. The van der Waals surface area contributed by atoms with E-state index in [2.05, 4.69) is 30.7 Å². The lowest BCUT2D eigenvalue weighted by molar-refractivity contribution is 0.302. The predicted octanol–water partition coefficient (Wildman–Crippen LogP) is 7.74. The first kappa shape index (κ1) is 25.2. The van der Waals surface area contributed by atoms with Crippen molar-refractivity contribution in [2.24, 2.45) is 5.92 Å². The summed E-state index contributed by atoms with van der Waals surface area (Å²) in [5, 5.41) is 10.3. The first-order valence-electron chi connectivity index (χ1n) is 12.4. The summed E-state index contributed by atoms with van der Waals surface area (Å²) in [4.78, 5) is 8.79. The van der Waals surface area contributed by atoms with Gasteiger partial charge in [0.05, 0.1) is 6.61 Å². The van der Waals surface area contributed by atoms with Crippen LogP contribution >= 0.6 is 0 Å². The third-order valence-electron chi connectivity index (χ3n) is 6.06. The number of aromatic nitrogens is 2. The van der Waals surface area contributed by atoms with Gasteiger partial charge in [-0.25, -0.2) is 4.98 Å². The standard InChI is InChI=1S/C27H42N2O2/c1-4-6-7-8-9-12-15-24-21-28-26(29-27(24)30)23-16-18-25(19-17-23)31-20-13-10-11-14-22(3)5-2/h16-19,21-22H,4-15,20H2,1-3H3,(H,28,29,30). The maximum absolute atomic E-state index is 10.3. The molecule has 4 nitrogen and oxygen atoms in total. The molecule has 0 aliphatic heterocycles. The van der Waals surface area contributed by atoms with Crippen LogP contribution in [-0.2, 0) is 6.42 Å². The Morgan fingerprint density at radius 1 is 0.903 bits per heavy atom. The molecule has 0 radical (unpaired) electrons. The number of nitrogens with zero attached hydrogens (tertiary/aromatic N) is 2. The zero-order valence-corrected chi connectivity index (χ0v) is 19.9. The molecule has 31 heavy (non-hydrogen) atoms. The summed E-state index contributed by atoms with van der Waals surface area (Å²) < 4.78 is 5.86. The molecule has 0 aliphatic rings. The van der Waals surface area contributed by atoms with E-state index in [1.165, 1.54) is 57.8 Å². The quantitative estimate of drug-likeness (QED) is 0.279. The van der Waals surface area contributed by atoms with E-state index in [4.69, 9.17) is 4.74 Å². The van der Waals surface area contributed by atoms with Gasteiger partial charge >= 0.3 is 0 Å². The van der Waals surface area contributed by atoms with Gasteiger partial charge in [-0.3, -0.25) is 0 Å². The van der Waals surface area contributed by atoms with Gasteiger partial charge in [-0.2, -0.15) is 4.98 Å². The summed E-state index contributed by atoms with van der Waals surface area (Å²) in [6, 6.07) is 7.83. The number of aryl methyl sites for hydroxylation is 1. The second-order valence-corrected chi connectivity index (χ2v) is 8.80. The molecular formula is C27H42N2O2. The molecule has 1 heterocycles. The number of benzene rings is 1. The molecule has 0 amide bonds. The first-order valence-corrected chi connectivity index (χ1v) is 12.4. The van der Waals surface area contributed by atoms with Gasteiger partial charge in [0.15, 0.2) is 5.82 Å². The third-order valence-corrected chi connectivity index (χ3v) is 6.06. The van der Waals surface area contributed by atoms with E-state index in [1.807, 2.05) is 24.3 Å². The fourth-order valence-corrected chi connectivity index (χ4v) is 3.68. The van der Waals surface area contributed by atoms with Gasteiger partial charge in [0.2, 0.25) is 5.88 Å². The van der Waals surface area contributed by atoms with E-state index in [0.29, 0.717) is 5.82 Å². The highest BCUT2D eigenvalue weighted by Gasteiger charge is 2.08. The number of aromatic hydroxyl groups is 1. The molecule has 0 bridgehead atoms. The summed E-state index contributed by atoms with van der Waals surface area (Å²) in [7, 11) is 0. The molecule has 2 aromatic rings. The van der Waals surface area contributed by atoms with Crippen LogP contribution in [0.25, 0.3) is 11.4 Å². The van der Waals surface area contributed by atoms with Gasteiger partial charge in [-0.1, -0.05) is 78.6 Å². The summed E-state index contributed by atoms with van der Waals surface area (Å²) in [6.45, 7) is 7.57. The van der Waals surface area contributed by atoms with Gasteiger partial charge in [0, 0.05) is 17.3 Å². The van der Waals surface area contributed by atoms with Crippen LogP contribution in [0.5, 0.6) is 11.6 Å². The molecule has 4 heteroatoms. The van der Waals surface area contributed by atoms with E-state index >= 15 is 0 Å². The Labute approximate surface area is 189 Å². The molecule has 0 saturated heterocycles. The molecule has 172 valence electrons. The van der Waals surface area contributed by atoms with Gasteiger partial charge in [-0.15, -0.1) is 0 Å². The van der Waals surface area contributed by atoms with Crippen molar-refractivity contribution in [2.75, 3.05) is 6.61 Å². The van der Waals surface area contributed by atoms with Crippen molar-refractivity contribution in [3.63, 3.8) is 0 Å². The molecule has 0 fully saturated rings. The van der Waals surface area contributed by atoms with E-state index in [1.54, 1.807) is 6.20 Å². The van der Waals surface area contributed by atoms with Crippen molar-refractivity contribution in [2.45, 2.75) is 97.8 Å². The highest BCUT2D eigenvalue weighted by Crippen LogP contribution is 2.24. The highest BCUT2D eigenvalue weighted by atomic mass is 16.5. The normalized spacial score (nSPS) is 12.1. The van der Waals surface area contributed by atoms with Crippen LogP contribution in [0.3, 0.4) is 0 Å². The highest BCUT2D eigenvalue weighted by molar-refractivity contribution is 5.56. The van der Waals surface area contributed by atoms with Gasteiger partial charge in [0.25, 0.3) is 0 Å². The van der Waals surface area contributed by atoms with Crippen LogP contribution in [0.4, 0.5) is 0 Å². The summed E-state index contributed by atoms with van der Waals surface area (Å²) in [5.41, 5.74) is 1.73. The zero-order valence-electron chi connectivity index (χ0n) is 19.9. The Kier molecular flexibility index (Phi) is 12.0. The number of hydrogen-bond acceptors (Lipinski definition) is 4. The van der Waals surface area contributed by atoms with Crippen LogP contribution in [0, 0.1) is 5.92 Å². The maximum atomic E-state index is 10.3. The molecule has 1 aromatic heterocycles. The van der Waals surface area contributed by atoms with Crippen LogP contribution < -0.4 is 4.74 Å². The second kappa shape index (κ2) is 14.8. The summed E-state index contributed by atoms with van der Waals surface area (Å²) in [5.74, 6) is 2.37. The average molecular weight is 427 g/mol. The largest absolute Gasteiger partial charge is 0.494 e. The second-order valence-electron chi connectivity index (χ2n) is 8.80. The van der Waals surface area contributed by atoms with Gasteiger partial charge in [0.1, 0.15) is 5.75 Å². The molecule has 1 aromatic carbocycles. The van der Waals surface area contributed by atoms with Crippen molar-refractivity contribution in [1.82, 2.24) is 9.97 Å². The lowest BCUT2D eigenvalue weighted by Crippen LogP contribution is -1.99. The minimum absolute atomic E-state index is 0.108. The maximum Gasteiger partial charge on any atom is 0.217 e. The van der Waals surface area contributed by atoms with Crippen LogP contribution in [0.2, 0.25) is 0 Å². The minimum Gasteiger partial charge on any atom is -0.494 e. The average Bonchev–Trinajstić information content (AvgIpc) is 2.79. The van der Waals surface area contributed by atoms with Crippen molar-refractivity contribution in [3.8, 4) is 23.0 Å². The van der Waals surface area contributed by atoms with Gasteiger partial charge < -0.3 is 9.84 Å². The monoisotopic (exact) mass is 426 g/mol. The molecule has 0 aliphatic carbocycles. The molecule has 0 spiro atoms. The molecule has 2 rings (SSSR count). The van der Waals surface area contributed by atoms with E-state index in [0.717, 1.165) is 48.7 Å². The fraction of sp³-hybridized carbons (Fsp3) is 0.630. The lowest BCUT2D eigenvalue weighted by atomic mass is 10.0. The number of hydrogen-bond donors (Lipinski definition) is 1. The van der Waals surface area contributed by atoms with Gasteiger partial charge in [-0.05, 0) is 49.4 Å². The minimum atomic E-state index is 0.108. The Morgan fingerprint density at radius 3 is 2.32 bits per heavy atom. The van der Waals surface area contributed by atoms with Crippen LogP contribution in [0.15, 0.2) is 30.5 Å². The summed E-state index contributed by atoms with van der Waals surface area (Å²) >= 11 is 0. The first-order chi connectivity index (χ1) is 15.1. The smallest absolute Gasteiger partial charge is 0.217 e. The van der Waals surface area contributed by atoms with Crippen LogP contribution in [0.1, 0.15) is 97.0 Å². The predicted molar refractivity (Wildman–Crippen MR) is 130 cm³/mol. The molecular weight excluding hydrogens is 384 g/mol. The third kappa shape index (κ3) is 9.71. The number of unbranched alkanes of at least 4 members (excludes halogenated alkanes) is 7. The van der Waals surface area contributed by atoms with Crippen LogP contribution in [-0.4, -0.2) is 21.7 Å².